The fourth-order valence-corrected chi connectivity index (χ4v) is 3.79. The van der Waals surface area contributed by atoms with Crippen molar-refractivity contribution in [3.05, 3.63) is 46.6 Å². The summed E-state index contributed by atoms with van der Waals surface area (Å²) in [6.45, 7) is 18.2. The van der Waals surface area contributed by atoms with Gasteiger partial charge in [-0.15, -0.1) is 12.8 Å². The fourth-order valence-electron chi connectivity index (χ4n) is 3.79. The van der Waals surface area contributed by atoms with Crippen LogP contribution in [0.1, 0.15) is 114 Å². The Hall–Kier alpha value is -3.00. The Balaban J connectivity index is 0. The second-order valence-corrected chi connectivity index (χ2v) is 11.0. The molecule has 0 aromatic carbocycles. The zero-order chi connectivity index (χ0) is 29.9. The Morgan fingerprint density at radius 1 is 1.08 bits per heavy atom. The number of piperidine rings is 1. The average Bonchev–Trinajstić information content (AvgIpc) is 2.83. The number of allylic oxidation sites excluding steroid dienone is 7. The molecule has 1 atom stereocenters. The first-order valence-corrected chi connectivity index (χ1v) is 13.7. The largest absolute Gasteiger partial charge is 0.300 e. The number of imide groups is 1. The van der Waals surface area contributed by atoms with Crippen molar-refractivity contribution < 1.29 is 19.2 Å². The summed E-state index contributed by atoms with van der Waals surface area (Å²) in [6, 6.07) is 0. The summed E-state index contributed by atoms with van der Waals surface area (Å²) in [5.41, 5.74) is 3.84. The molecule has 1 N–H and O–H groups in total. The van der Waals surface area contributed by atoms with Gasteiger partial charge in [-0.05, 0) is 62.7 Å². The summed E-state index contributed by atoms with van der Waals surface area (Å²) >= 11 is 0. The Kier molecular flexibility index (Phi) is 19.6. The van der Waals surface area contributed by atoms with E-state index in [-0.39, 0.29) is 28.9 Å². The number of hydrogen-bond acceptors (Lipinski definition) is 4. The molecule has 1 heterocycles. The number of amides is 2. The highest BCUT2D eigenvalue weighted by Gasteiger charge is 2.29. The van der Waals surface area contributed by atoms with E-state index in [9.17, 15) is 19.2 Å². The van der Waals surface area contributed by atoms with Crippen LogP contribution in [-0.4, -0.2) is 23.4 Å². The maximum absolute atomic E-state index is 12.1. The maximum Gasteiger partial charge on any atom is 0.234 e. The van der Waals surface area contributed by atoms with Crippen molar-refractivity contribution in [1.82, 2.24) is 5.32 Å². The number of nitrogens with one attached hydrogen (secondary N) is 1. The minimum Gasteiger partial charge on any atom is -0.300 e. The van der Waals surface area contributed by atoms with Crippen molar-refractivity contribution in [3.8, 4) is 12.8 Å². The van der Waals surface area contributed by atoms with Crippen molar-refractivity contribution in [2.45, 2.75) is 114 Å². The van der Waals surface area contributed by atoms with Crippen LogP contribution in [0.4, 0.5) is 0 Å². The zero-order valence-electron chi connectivity index (χ0n) is 25.3. The lowest BCUT2D eigenvalue weighted by Gasteiger charge is -2.24. The Bertz CT molecular complexity index is 932. The van der Waals surface area contributed by atoms with Crippen LogP contribution in [0.2, 0.25) is 0 Å². The third-order valence-corrected chi connectivity index (χ3v) is 5.47. The van der Waals surface area contributed by atoms with Gasteiger partial charge in [-0.1, -0.05) is 78.2 Å². The summed E-state index contributed by atoms with van der Waals surface area (Å²) < 4.78 is 0. The number of rotatable bonds is 7. The lowest BCUT2D eigenvalue weighted by atomic mass is 9.85. The number of terminal acetylenes is 1. The van der Waals surface area contributed by atoms with Gasteiger partial charge in [0.1, 0.15) is 5.78 Å². The molecule has 2 aliphatic rings. The number of ketones is 2. The molecule has 2 amide bonds. The first-order chi connectivity index (χ1) is 17.7. The normalized spacial score (nSPS) is 17.3. The van der Waals surface area contributed by atoms with Crippen LogP contribution >= 0.6 is 0 Å². The summed E-state index contributed by atoms with van der Waals surface area (Å²) in [5.74, 6) is -0.288. The lowest BCUT2D eigenvalue weighted by molar-refractivity contribution is -0.135. The number of Topliss-reactive ketones (excluding diaryl/α,β-unsaturated/α-hetero) is 2. The minimum atomic E-state index is -0.296. The Morgan fingerprint density at radius 3 is 2.11 bits per heavy atom. The van der Waals surface area contributed by atoms with Gasteiger partial charge in [0.2, 0.25) is 11.8 Å². The number of unbranched alkanes of at least 4 members (excludes halogenated alkanes) is 1. The van der Waals surface area contributed by atoms with E-state index in [0.29, 0.717) is 24.2 Å². The molecule has 1 saturated heterocycles. The van der Waals surface area contributed by atoms with Gasteiger partial charge in [0, 0.05) is 24.8 Å². The Labute approximate surface area is 232 Å². The average molecular weight is 526 g/mol. The van der Waals surface area contributed by atoms with E-state index in [4.69, 9.17) is 0 Å². The second kappa shape index (κ2) is 20.0. The van der Waals surface area contributed by atoms with Crippen molar-refractivity contribution >= 4 is 23.4 Å². The molecule has 5 nitrogen and oxygen atoms in total. The molecule has 0 radical (unpaired) electrons. The van der Waals surface area contributed by atoms with Gasteiger partial charge in [0.25, 0.3) is 0 Å². The predicted octanol–water partition coefficient (Wildman–Crippen LogP) is 7.62. The first kappa shape index (κ1) is 37.2. The van der Waals surface area contributed by atoms with Crippen molar-refractivity contribution in [2.24, 2.45) is 11.3 Å². The van der Waals surface area contributed by atoms with Gasteiger partial charge in [-0.3, -0.25) is 24.5 Å². The van der Waals surface area contributed by atoms with Crippen LogP contribution < -0.4 is 5.32 Å². The lowest BCUT2D eigenvalue weighted by Crippen LogP contribution is -2.41. The standard InChI is InChI=1S/C18H21NO3.C10H20O.C3H8.C2H2/c1-11(2)16(15-7-8-17(21)19-18(15)22)10-13-5-4-6-14(9-13)12(3)20;1-5-6-7-9(11)8-10(2,3)4;1-3-2;1-2/h4,6,9-10,15H,5,7-8H2,1-3H3,(H,19,21,22);5-8H2,1-4H3;3H2,1-2H3;1-2H/b13-10+;;;. The summed E-state index contributed by atoms with van der Waals surface area (Å²) in [6.07, 6.45) is 22.2. The van der Waals surface area contributed by atoms with E-state index >= 15 is 0 Å². The SMILES string of the molecule is C#C.CC(=O)C1=C/C(=C/C(=C(C)C)C2CCC(=O)NC2=O)CC=C1.CCC.CCCCC(=O)CC(C)(C)C. The topological polar surface area (TPSA) is 80.3 Å². The number of carbonyl (C=O) groups is 4. The fraction of sp³-hybridized carbons (Fsp3) is 0.576. The molecule has 5 heteroatoms. The van der Waals surface area contributed by atoms with E-state index in [2.05, 4.69) is 59.7 Å². The van der Waals surface area contributed by atoms with Crippen molar-refractivity contribution in [3.63, 3.8) is 0 Å². The van der Waals surface area contributed by atoms with E-state index in [1.54, 1.807) is 6.92 Å². The van der Waals surface area contributed by atoms with Crippen LogP contribution in [0.3, 0.4) is 0 Å². The molecule has 0 spiro atoms. The summed E-state index contributed by atoms with van der Waals surface area (Å²) in [7, 11) is 0. The van der Waals surface area contributed by atoms with Gasteiger partial charge in [0.15, 0.2) is 5.78 Å². The van der Waals surface area contributed by atoms with Gasteiger partial charge >= 0.3 is 0 Å². The molecule has 0 aromatic heterocycles. The molecule has 38 heavy (non-hydrogen) atoms. The van der Waals surface area contributed by atoms with Crippen molar-refractivity contribution in [1.29, 1.82) is 0 Å². The van der Waals surface area contributed by atoms with Crippen LogP contribution in [0.5, 0.6) is 0 Å². The van der Waals surface area contributed by atoms with E-state index in [1.165, 1.54) is 6.42 Å². The minimum absolute atomic E-state index is 0.0293. The molecule has 2 rings (SSSR count). The van der Waals surface area contributed by atoms with Crippen LogP contribution in [0.15, 0.2) is 46.6 Å². The van der Waals surface area contributed by atoms with E-state index in [1.807, 2.05) is 38.2 Å². The molecular weight excluding hydrogens is 474 g/mol. The van der Waals surface area contributed by atoms with Crippen molar-refractivity contribution in [2.75, 3.05) is 0 Å². The maximum atomic E-state index is 12.1. The highest BCUT2D eigenvalue weighted by atomic mass is 16.2. The first-order valence-electron chi connectivity index (χ1n) is 13.7. The molecule has 1 aliphatic heterocycles. The molecule has 0 saturated carbocycles. The van der Waals surface area contributed by atoms with Crippen LogP contribution in [0.25, 0.3) is 0 Å². The molecule has 0 aromatic rings. The van der Waals surface area contributed by atoms with E-state index in [0.717, 1.165) is 48.8 Å². The summed E-state index contributed by atoms with van der Waals surface area (Å²) in [5, 5.41) is 2.40. The third-order valence-electron chi connectivity index (χ3n) is 5.47. The number of hydrogen-bond donors (Lipinski definition) is 1. The molecule has 0 bridgehead atoms. The van der Waals surface area contributed by atoms with Crippen LogP contribution in [0, 0.1) is 24.2 Å². The highest BCUT2D eigenvalue weighted by molar-refractivity contribution is 6.00. The quantitative estimate of drug-likeness (QED) is 0.274. The highest BCUT2D eigenvalue weighted by Crippen LogP contribution is 2.28. The van der Waals surface area contributed by atoms with Gasteiger partial charge < -0.3 is 0 Å². The Morgan fingerprint density at radius 2 is 1.66 bits per heavy atom. The monoisotopic (exact) mass is 525 g/mol. The summed E-state index contributed by atoms with van der Waals surface area (Å²) in [4.78, 5) is 46.1. The van der Waals surface area contributed by atoms with E-state index < -0.39 is 0 Å². The molecular formula is C33H51NO4. The van der Waals surface area contributed by atoms with Gasteiger partial charge in [0.05, 0.1) is 5.92 Å². The van der Waals surface area contributed by atoms with Gasteiger partial charge in [-0.2, -0.15) is 0 Å². The molecule has 1 aliphatic carbocycles. The zero-order valence-corrected chi connectivity index (χ0v) is 25.3. The van der Waals surface area contributed by atoms with Gasteiger partial charge in [-0.25, -0.2) is 0 Å². The number of carbonyl (C=O) groups excluding carboxylic acids is 4. The molecule has 212 valence electrons. The van der Waals surface area contributed by atoms with Crippen LogP contribution in [-0.2, 0) is 19.2 Å². The predicted molar refractivity (Wildman–Crippen MR) is 159 cm³/mol. The smallest absolute Gasteiger partial charge is 0.234 e. The molecule has 1 unspecified atom stereocenters. The molecule has 1 fully saturated rings. The third kappa shape index (κ3) is 16.7. The second-order valence-electron chi connectivity index (χ2n) is 11.0.